The van der Waals surface area contributed by atoms with Crippen LogP contribution in [0.5, 0.6) is 0 Å². The van der Waals surface area contributed by atoms with Gasteiger partial charge in [0.2, 0.25) is 0 Å². The minimum atomic E-state index is -0.114. The number of carbonyl (C=O) groups is 1. The van der Waals surface area contributed by atoms with E-state index in [0.29, 0.717) is 37.6 Å². The summed E-state index contributed by atoms with van der Waals surface area (Å²) >= 11 is 1.55. The number of piperazine rings is 1. The fourth-order valence-corrected chi connectivity index (χ4v) is 4.06. The first-order valence-corrected chi connectivity index (χ1v) is 10.4. The smallest absolute Gasteiger partial charge is 0.276 e. The molecule has 0 saturated carbocycles. The number of rotatable bonds is 4. The molecular weight excluding hydrogens is 402 g/mol. The first-order valence-electron chi connectivity index (χ1n) is 9.57. The van der Waals surface area contributed by atoms with Gasteiger partial charge < -0.3 is 14.3 Å². The van der Waals surface area contributed by atoms with Gasteiger partial charge in [0, 0.05) is 44.5 Å². The van der Waals surface area contributed by atoms with Crippen LogP contribution in [0.25, 0.3) is 16.5 Å². The molecule has 30 heavy (non-hydrogen) atoms. The molecule has 0 aliphatic carbocycles. The maximum atomic E-state index is 12.8. The van der Waals surface area contributed by atoms with Crippen molar-refractivity contribution in [2.24, 2.45) is 0 Å². The van der Waals surface area contributed by atoms with Crippen LogP contribution in [0.15, 0.2) is 52.8 Å². The van der Waals surface area contributed by atoms with E-state index in [-0.39, 0.29) is 5.91 Å². The average Bonchev–Trinajstić information content (AvgIpc) is 3.54. The first-order chi connectivity index (χ1) is 14.7. The fraction of sp³-hybridized carbons (Fsp3) is 0.250. The summed E-state index contributed by atoms with van der Waals surface area (Å²) < 4.78 is 7.08. The SMILES string of the molecule is Cc1ccn(-c2cc(N3CCN(C(=O)c4cc(-c5cccs5)on4)CC3)ncn2)n1. The topological polar surface area (TPSA) is 93.2 Å². The van der Waals surface area contributed by atoms with Gasteiger partial charge in [-0.1, -0.05) is 11.2 Å². The zero-order valence-corrected chi connectivity index (χ0v) is 17.1. The van der Waals surface area contributed by atoms with Crippen LogP contribution in [0.1, 0.15) is 16.2 Å². The Labute approximate surface area is 176 Å². The number of aromatic nitrogens is 5. The van der Waals surface area contributed by atoms with Gasteiger partial charge in [-0.3, -0.25) is 4.79 Å². The van der Waals surface area contributed by atoms with Crippen molar-refractivity contribution in [1.29, 1.82) is 0 Å². The van der Waals surface area contributed by atoms with Crippen molar-refractivity contribution in [1.82, 2.24) is 29.8 Å². The number of anilines is 1. The summed E-state index contributed by atoms with van der Waals surface area (Å²) in [6.07, 6.45) is 3.42. The predicted molar refractivity (Wildman–Crippen MR) is 112 cm³/mol. The molecule has 1 aliphatic rings. The molecule has 5 heterocycles. The Kier molecular flexibility index (Phi) is 4.75. The molecule has 0 unspecified atom stereocenters. The van der Waals surface area contributed by atoms with Gasteiger partial charge in [-0.15, -0.1) is 11.3 Å². The Bertz CT molecular complexity index is 1160. The van der Waals surface area contributed by atoms with E-state index in [1.165, 1.54) is 0 Å². The number of hydrogen-bond acceptors (Lipinski definition) is 8. The van der Waals surface area contributed by atoms with Crippen LogP contribution in [0.3, 0.4) is 0 Å². The van der Waals surface area contributed by atoms with E-state index in [9.17, 15) is 4.79 Å². The van der Waals surface area contributed by atoms with Gasteiger partial charge in [0.25, 0.3) is 5.91 Å². The van der Waals surface area contributed by atoms with E-state index in [2.05, 4.69) is 25.1 Å². The van der Waals surface area contributed by atoms with Gasteiger partial charge in [-0.25, -0.2) is 14.6 Å². The lowest BCUT2D eigenvalue weighted by Crippen LogP contribution is -2.49. The molecule has 10 heteroatoms. The Balaban J connectivity index is 1.25. The van der Waals surface area contributed by atoms with Crippen molar-refractivity contribution >= 4 is 23.1 Å². The van der Waals surface area contributed by atoms with Gasteiger partial charge in [-0.2, -0.15) is 5.10 Å². The lowest BCUT2D eigenvalue weighted by molar-refractivity contribution is 0.0736. The van der Waals surface area contributed by atoms with E-state index in [4.69, 9.17) is 4.52 Å². The number of carbonyl (C=O) groups excluding carboxylic acids is 1. The molecule has 1 fully saturated rings. The molecule has 4 aromatic rings. The second-order valence-electron chi connectivity index (χ2n) is 6.97. The molecule has 5 rings (SSSR count). The lowest BCUT2D eigenvalue weighted by atomic mass is 10.2. The van der Waals surface area contributed by atoms with Crippen LogP contribution in [-0.4, -0.2) is 61.9 Å². The Morgan fingerprint density at radius 3 is 2.67 bits per heavy atom. The molecule has 9 nitrogen and oxygen atoms in total. The fourth-order valence-electron chi connectivity index (χ4n) is 3.39. The third-order valence-electron chi connectivity index (χ3n) is 4.98. The summed E-state index contributed by atoms with van der Waals surface area (Å²) in [5.41, 5.74) is 1.27. The second kappa shape index (κ2) is 7.71. The standard InChI is InChI=1S/C20H19N7O2S/c1-14-4-5-27(23-14)19-12-18(21-13-22-19)25-6-8-26(9-7-25)20(28)15-11-16(29-24-15)17-3-2-10-30-17/h2-5,10-13H,6-9H2,1H3. The summed E-state index contributed by atoms with van der Waals surface area (Å²) in [6, 6.07) is 9.44. The van der Waals surface area contributed by atoms with Crippen LogP contribution >= 0.6 is 11.3 Å². The van der Waals surface area contributed by atoms with E-state index in [0.717, 1.165) is 22.2 Å². The third-order valence-corrected chi connectivity index (χ3v) is 5.86. The quantitative estimate of drug-likeness (QED) is 0.500. The van der Waals surface area contributed by atoms with Gasteiger partial charge in [0.05, 0.1) is 10.6 Å². The summed E-state index contributed by atoms with van der Waals surface area (Å²) in [7, 11) is 0. The highest BCUT2D eigenvalue weighted by molar-refractivity contribution is 7.13. The minimum Gasteiger partial charge on any atom is -0.355 e. The molecule has 0 atom stereocenters. The molecule has 4 aromatic heterocycles. The van der Waals surface area contributed by atoms with E-state index >= 15 is 0 Å². The average molecular weight is 421 g/mol. The molecule has 0 spiro atoms. The van der Waals surface area contributed by atoms with Crippen molar-refractivity contribution in [3.8, 4) is 16.5 Å². The molecule has 0 radical (unpaired) electrons. The zero-order valence-electron chi connectivity index (χ0n) is 16.3. The van der Waals surface area contributed by atoms with Gasteiger partial charge in [-0.05, 0) is 24.4 Å². The van der Waals surface area contributed by atoms with E-state index < -0.39 is 0 Å². The molecule has 0 aromatic carbocycles. The van der Waals surface area contributed by atoms with Crippen molar-refractivity contribution in [2.45, 2.75) is 6.92 Å². The molecule has 1 aliphatic heterocycles. The predicted octanol–water partition coefficient (Wildman–Crippen LogP) is 2.65. The van der Waals surface area contributed by atoms with Crippen LogP contribution in [0.2, 0.25) is 0 Å². The molecular formula is C20H19N7O2S. The largest absolute Gasteiger partial charge is 0.355 e. The molecule has 0 bridgehead atoms. The zero-order chi connectivity index (χ0) is 20.5. The van der Waals surface area contributed by atoms with Crippen molar-refractivity contribution in [3.05, 3.63) is 59.6 Å². The molecule has 1 amide bonds. The Morgan fingerprint density at radius 1 is 1.10 bits per heavy atom. The van der Waals surface area contributed by atoms with Crippen LogP contribution in [0.4, 0.5) is 5.82 Å². The molecule has 152 valence electrons. The van der Waals surface area contributed by atoms with Crippen molar-refractivity contribution in [2.75, 3.05) is 31.1 Å². The number of thiophene rings is 1. The highest BCUT2D eigenvalue weighted by Gasteiger charge is 2.25. The Hall–Kier alpha value is -3.53. The minimum absolute atomic E-state index is 0.114. The van der Waals surface area contributed by atoms with Gasteiger partial charge in [0.15, 0.2) is 17.3 Å². The summed E-state index contributed by atoms with van der Waals surface area (Å²) in [5.74, 6) is 2.04. The third kappa shape index (κ3) is 3.57. The van der Waals surface area contributed by atoms with E-state index in [1.807, 2.05) is 42.8 Å². The highest BCUT2D eigenvalue weighted by atomic mass is 32.1. The maximum Gasteiger partial charge on any atom is 0.276 e. The van der Waals surface area contributed by atoms with Crippen LogP contribution < -0.4 is 4.90 Å². The number of hydrogen-bond donors (Lipinski definition) is 0. The Morgan fingerprint density at radius 2 is 1.93 bits per heavy atom. The maximum absolute atomic E-state index is 12.8. The van der Waals surface area contributed by atoms with Crippen LogP contribution in [0, 0.1) is 6.92 Å². The van der Waals surface area contributed by atoms with Gasteiger partial charge >= 0.3 is 0 Å². The van der Waals surface area contributed by atoms with Crippen molar-refractivity contribution < 1.29 is 9.32 Å². The number of aryl methyl sites for hydroxylation is 1. The van der Waals surface area contributed by atoms with Gasteiger partial charge in [0.1, 0.15) is 12.1 Å². The first kappa shape index (κ1) is 18.5. The number of nitrogens with zero attached hydrogens (tertiary/aromatic N) is 7. The van der Waals surface area contributed by atoms with E-state index in [1.54, 1.807) is 33.3 Å². The lowest BCUT2D eigenvalue weighted by Gasteiger charge is -2.35. The summed E-state index contributed by atoms with van der Waals surface area (Å²) in [4.78, 5) is 26.4. The molecule has 0 N–H and O–H groups in total. The number of amides is 1. The summed E-state index contributed by atoms with van der Waals surface area (Å²) in [6.45, 7) is 4.46. The normalized spacial score (nSPS) is 14.3. The monoisotopic (exact) mass is 421 g/mol. The second-order valence-corrected chi connectivity index (χ2v) is 7.92. The highest BCUT2D eigenvalue weighted by Crippen LogP contribution is 2.26. The molecule has 1 saturated heterocycles. The van der Waals surface area contributed by atoms with Crippen molar-refractivity contribution in [3.63, 3.8) is 0 Å². The van der Waals surface area contributed by atoms with Crippen LogP contribution in [-0.2, 0) is 0 Å². The summed E-state index contributed by atoms with van der Waals surface area (Å²) in [5, 5.41) is 10.3.